The average molecular weight is 334 g/mol. The summed E-state index contributed by atoms with van der Waals surface area (Å²) in [6, 6.07) is 7.44. The topological polar surface area (TPSA) is 74.4 Å². The van der Waals surface area contributed by atoms with E-state index in [9.17, 15) is 19.3 Å². The number of nitro groups is 1. The molecule has 0 bridgehead atoms. The molecule has 0 atom stereocenters. The van der Waals surface area contributed by atoms with Crippen molar-refractivity contribution in [3.8, 4) is 0 Å². The molecule has 6 nitrogen and oxygen atoms in total. The minimum absolute atomic E-state index is 0.0287. The summed E-state index contributed by atoms with van der Waals surface area (Å²) < 4.78 is 19.6. The largest absolute Gasteiger partial charge is 0.466 e. The Labute approximate surface area is 139 Å². The summed E-state index contributed by atoms with van der Waals surface area (Å²) in [4.78, 5) is 22.2. The number of esters is 1. The van der Waals surface area contributed by atoms with Crippen molar-refractivity contribution in [3.63, 3.8) is 0 Å². The van der Waals surface area contributed by atoms with E-state index in [2.05, 4.69) is 0 Å². The Balaban J connectivity index is 2.11. The summed E-state index contributed by atoms with van der Waals surface area (Å²) in [7, 11) is 0. The van der Waals surface area contributed by atoms with Crippen LogP contribution in [0.5, 0.6) is 0 Å². The van der Waals surface area contributed by atoms with Gasteiger partial charge in [-0.05, 0) is 37.5 Å². The summed E-state index contributed by atoms with van der Waals surface area (Å²) in [6.45, 7) is 2.46. The van der Waals surface area contributed by atoms with Crippen LogP contribution in [0.2, 0.25) is 0 Å². The molecular formula is C17H19FN2O4. The van der Waals surface area contributed by atoms with Gasteiger partial charge in [0.05, 0.1) is 17.2 Å². The highest BCUT2D eigenvalue weighted by Gasteiger charge is 2.19. The van der Waals surface area contributed by atoms with Crippen LogP contribution >= 0.6 is 0 Å². The highest BCUT2D eigenvalue weighted by molar-refractivity contribution is 5.69. The Kier molecular flexibility index (Phi) is 6.06. The number of carbonyl (C=O) groups is 1. The highest BCUT2D eigenvalue weighted by atomic mass is 19.1. The molecule has 0 spiro atoms. The maximum Gasteiger partial charge on any atom is 0.305 e. The average Bonchev–Trinajstić information content (AvgIpc) is 2.93. The van der Waals surface area contributed by atoms with Crippen molar-refractivity contribution < 1.29 is 18.8 Å². The summed E-state index contributed by atoms with van der Waals surface area (Å²) in [5.41, 5.74) is 1.42. The third kappa shape index (κ3) is 4.65. The van der Waals surface area contributed by atoms with Gasteiger partial charge in [-0.3, -0.25) is 14.9 Å². The van der Waals surface area contributed by atoms with E-state index in [-0.39, 0.29) is 23.9 Å². The lowest BCUT2D eigenvalue weighted by molar-refractivity contribution is -0.385. The summed E-state index contributed by atoms with van der Waals surface area (Å²) in [5, 5.41) is 11.2. The van der Waals surface area contributed by atoms with Gasteiger partial charge < -0.3 is 9.30 Å². The van der Waals surface area contributed by atoms with Gasteiger partial charge in [0.15, 0.2) is 0 Å². The Morgan fingerprint density at radius 2 is 2.00 bits per heavy atom. The van der Waals surface area contributed by atoms with E-state index in [1.165, 1.54) is 18.2 Å². The number of halogens is 1. The molecule has 7 heteroatoms. The SMILES string of the molecule is CCOC(=O)CCCc1c([N+](=O)[O-])ccn1Cc1ccc(F)cc1. The fraction of sp³-hybridized carbons (Fsp3) is 0.353. The zero-order valence-electron chi connectivity index (χ0n) is 13.4. The molecule has 24 heavy (non-hydrogen) atoms. The Hall–Kier alpha value is -2.70. The molecule has 1 heterocycles. The molecule has 2 aromatic rings. The van der Waals surface area contributed by atoms with Gasteiger partial charge in [0, 0.05) is 25.2 Å². The molecule has 128 valence electrons. The van der Waals surface area contributed by atoms with E-state index < -0.39 is 4.92 Å². The molecule has 0 amide bonds. The van der Waals surface area contributed by atoms with Crippen LogP contribution in [-0.4, -0.2) is 22.1 Å². The molecule has 0 N–H and O–H groups in total. The fourth-order valence-electron chi connectivity index (χ4n) is 2.50. The molecule has 0 fully saturated rings. The number of hydrogen-bond donors (Lipinski definition) is 0. The molecule has 1 aromatic heterocycles. The molecule has 0 radical (unpaired) electrons. The molecule has 0 aliphatic carbocycles. The van der Waals surface area contributed by atoms with Crippen LogP contribution in [0.25, 0.3) is 0 Å². The Morgan fingerprint density at radius 1 is 1.29 bits per heavy atom. The van der Waals surface area contributed by atoms with Crippen molar-refractivity contribution in [1.29, 1.82) is 0 Å². The number of ether oxygens (including phenoxy) is 1. The highest BCUT2D eigenvalue weighted by Crippen LogP contribution is 2.23. The maximum absolute atomic E-state index is 13.0. The van der Waals surface area contributed by atoms with E-state index >= 15 is 0 Å². The van der Waals surface area contributed by atoms with Crippen molar-refractivity contribution in [3.05, 3.63) is 63.7 Å². The van der Waals surface area contributed by atoms with E-state index in [4.69, 9.17) is 4.74 Å². The smallest absolute Gasteiger partial charge is 0.305 e. The predicted molar refractivity (Wildman–Crippen MR) is 86.2 cm³/mol. The Morgan fingerprint density at radius 3 is 2.62 bits per heavy atom. The molecule has 0 aliphatic rings. The van der Waals surface area contributed by atoms with Crippen molar-refractivity contribution in [2.75, 3.05) is 6.61 Å². The first-order chi connectivity index (χ1) is 11.5. The fourth-order valence-corrected chi connectivity index (χ4v) is 2.50. The Bertz CT molecular complexity index is 710. The van der Waals surface area contributed by atoms with E-state index in [1.807, 2.05) is 0 Å². The molecule has 0 aliphatic heterocycles. The molecule has 2 rings (SSSR count). The molecule has 0 saturated carbocycles. The monoisotopic (exact) mass is 334 g/mol. The van der Waals surface area contributed by atoms with Crippen molar-refractivity contribution in [1.82, 2.24) is 4.57 Å². The number of carbonyl (C=O) groups excluding carboxylic acids is 1. The minimum Gasteiger partial charge on any atom is -0.466 e. The first-order valence-corrected chi connectivity index (χ1v) is 7.73. The first-order valence-electron chi connectivity index (χ1n) is 7.73. The van der Waals surface area contributed by atoms with Gasteiger partial charge in [0.2, 0.25) is 0 Å². The second-order valence-corrected chi connectivity index (χ2v) is 5.32. The van der Waals surface area contributed by atoms with Crippen molar-refractivity contribution in [2.24, 2.45) is 0 Å². The van der Waals surface area contributed by atoms with E-state index in [0.29, 0.717) is 31.7 Å². The van der Waals surface area contributed by atoms with Gasteiger partial charge >= 0.3 is 5.97 Å². The van der Waals surface area contributed by atoms with Gasteiger partial charge in [-0.2, -0.15) is 0 Å². The number of aromatic nitrogens is 1. The summed E-state index contributed by atoms with van der Waals surface area (Å²) >= 11 is 0. The van der Waals surface area contributed by atoms with Crippen LogP contribution < -0.4 is 0 Å². The number of hydrogen-bond acceptors (Lipinski definition) is 4. The summed E-state index contributed by atoms with van der Waals surface area (Å²) in [5.74, 6) is -0.635. The second kappa shape index (κ2) is 8.24. The summed E-state index contributed by atoms with van der Waals surface area (Å²) in [6.07, 6.45) is 2.71. The van der Waals surface area contributed by atoms with Crippen molar-refractivity contribution >= 4 is 11.7 Å². The number of nitrogens with zero attached hydrogens (tertiary/aromatic N) is 2. The van der Waals surface area contributed by atoms with Crippen LogP contribution in [-0.2, 0) is 22.5 Å². The lowest BCUT2D eigenvalue weighted by Gasteiger charge is -2.09. The molecule has 0 saturated heterocycles. The third-order valence-electron chi connectivity index (χ3n) is 3.62. The standard InChI is InChI=1S/C17H19FN2O4/c1-2-24-17(21)5-3-4-15-16(20(22)23)10-11-19(15)12-13-6-8-14(18)9-7-13/h6-11H,2-5,12H2,1H3. The molecular weight excluding hydrogens is 315 g/mol. The zero-order chi connectivity index (χ0) is 17.5. The third-order valence-corrected chi connectivity index (χ3v) is 3.62. The number of rotatable bonds is 8. The zero-order valence-corrected chi connectivity index (χ0v) is 13.4. The van der Waals surface area contributed by atoms with Crippen LogP contribution in [0.4, 0.5) is 10.1 Å². The van der Waals surface area contributed by atoms with Crippen LogP contribution in [0.15, 0.2) is 36.5 Å². The lowest BCUT2D eigenvalue weighted by Crippen LogP contribution is -2.08. The molecule has 0 unspecified atom stereocenters. The second-order valence-electron chi connectivity index (χ2n) is 5.32. The normalized spacial score (nSPS) is 10.6. The van der Waals surface area contributed by atoms with Gasteiger partial charge in [0.1, 0.15) is 5.82 Å². The first kappa shape index (κ1) is 17.7. The van der Waals surface area contributed by atoms with Gasteiger partial charge in [-0.1, -0.05) is 12.1 Å². The van der Waals surface area contributed by atoms with Gasteiger partial charge in [-0.25, -0.2) is 4.39 Å². The molecule has 1 aromatic carbocycles. The predicted octanol–water partition coefficient (Wildman–Crippen LogP) is 3.47. The van der Waals surface area contributed by atoms with E-state index in [1.54, 1.807) is 29.8 Å². The van der Waals surface area contributed by atoms with E-state index in [0.717, 1.165) is 5.56 Å². The van der Waals surface area contributed by atoms with Crippen LogP contribution in [0.3, 0.4) is 0 Å². The van der Waals surface area contributed by atoms with Crippen LogP contribution in [0, 0.1) is 15.9 Å². The van der Waals surface area contributed by atoms with Gasteiger partial charge in [-0.15, -0.1) is 0 Å². The lowest BCUT2D eigenvalue weighted by atomic mass is 10.1. The van der Waals surface area contributed by atoms with Crippen LogP contribution in [0.1, 0.15) is 31.0 Å². The minimum atomic E-state index is -0.430. The maximum atomic E-state index is 13.0. The number of benzene rings is 1. The quantitative estimate of drug-likeness (QED) is 0.421. The van der Waals surface area contributed by atoms with Gasteiger partial charge in [0.25, 0.3) is 5.69 Å². The van der Waals surface area contributed by atoms with Crippen molar-refractivity contribution in [2.45, 2.75) is 32.7 Å².